The van der Waals surface area contributed by atoms with E-state index in [1.54, 1.807) is 36.4 Å². The van der Waals surface area contributed by atoms with Gasteiger partial charge in [-0.25, -0.2) is 4.57 Å². The van der Waals surface area contributed by atoms with Crippen molar-refractivity contribution in [2.45, 2.75) is 36.7 Å². The van der Waals surface area contributed by atoms with Gasteiger partial charge in [0.15, 0.2) is 11.5 Å². The summed E-state index contributed by atoms with van der Waals surface area (Å²) in [5.41, 5.74) is 0.493. The minimum atomic E-state index is -3.77. The average molecular weight is 463 g/mol. The van der Waals surface area contributed by atoms with Gasteiger partial charge in [0.1, 0.15) is 18.0 Å². The lowest BCUT2D eigenvalue weighted by molar-refractivity contribution is -0.104. The Bertz CT molecular complexity index is 1110. The number of amides is 1. The predicted octanol–water partition coefficient (Wildman–Crippen LogP) is 1.38. The maximum Gasteiger partial charge on any atom is 0.427 e. The smallest absolute Gasteiger partial charge is 0.427 e. The van der Waals surface area contributed by atoms with Gasteiger partial charge in [0.25, 0.3) is 5.91 Å². The van der Waals surface area contributed by atoms with Crippen LogP contribution in [0.5, 0.6) is 23.0 Å². The van der Waals surface area contributed by atoms with Crippen LogP contribution in [0.15, 0.2) is 36.4 Å². The highest BCUT2D eigenvalue weighted by Crippen LogP contribution is 2.55. The SMILES string of the molecule is CP(=O)(Oc1ccccc1)Oc1c2c(cc3c1C(=O)N[C@@H]1C3C[C@H](O)[C@@H](O)[C@H]1O)OCO2. The van der Waals surface area contributed by atoms with Crippen LogP contribution in [0.4, 0.5) is 0 Å². The number of benzene rings is 2. The summed E-state index contributed by atoms with van der Waals surface area (Å²) in [7, 11) is -3.77. The van der Waals surface area contributed by atoms with Gasteiger partial charge >= 0.3 is 7.60 Å². The first-order valence-corrected chi connectivity index (χ1v) is 12.1. The van der Waals surface area contributed by atoms with Gasteiger partial charge in [0.2, 0.25) is 12.5 Å². The van der Waals surface area contributed by atoms with Crippen LogP contribution in [-0.4, -0.2) is 59.0 Å². The van der Waals surface area contributed by atoms with E-state index in [2.05, 4.69) is 5.32 Å². The minimum Gasteiger partial charge on any atom is -0.453 e. The molecule has 3 aliphatic rings. The molecule has 11 heteroatoms. The third-order valence-electron chi connectivity index (χ3n) is 5.89. The fourth-order valence-corrected chi connectivity index (χ4v) is 5.50. The van der Waals surface area contributed by atoms with E-state index in [1.807, 2.05) is 0 Å². The highest BCUT2D eigenvalue weighted by atomic mass is 31.2. The number of hydrogen-bond donors (Lipinski definition) is 4. The lowest BCUT2D eigenvalue weighted by atomic mass is 9.72. The Labute approximate surface area is 183 Å². The molecule has 5 rings (SSSR count). The number of rotatable bonds is 4. The topological polar surface area (TPSA) is 144 Å². The zero-order valence-corrected chi connectivity index (χ0v) is 17.9. The van der Waals surface area contributed by atoms with Crippen LogP contribution >= 0.6 is 7.60 Å². The summed E-state index contributed by atoms with van der Waals surface area (Å²) in [5.74, 6) is -0.511. The molecular formula is C21H22NO9P. The number of hydrogen-bond acceptors (Lipinski definition) is 9. The van der Waals surface area contributed by atoms with E-state index in [0.29, 0.717) is 11.3 Å². The molecule has 2 aromatic carbocycles. The largest absolute Gasteiger partial charge is 0.453 e. The lowest BCUT2D eigenvalue weighted by Crippen LogP contribution is -2.61. The number of nitrogens with one attached hydrogen (secondary N) is 1. The second kappa shape index (κ2) is 7.67. The van der Waals surface area contributed by atoms with Gasteiger partial charge < -0.3 is 39.2 Å². The van der Waals surface area contributed by atoms with Gasteiger partial charge in [0.05, 0.1) is 24.4 Å². The Morgan fingerprint density at radius 1 is 1.09 bits per heavy atom. The van der Waals surface area contributed by atoms with Crippen molar-refractivity contribution in [3.63, 3.8) is 0 Å². The van der Waals surface area contributed by atoms with Crippen molar-refractivity contribution in [2.75, 3.05) is 13.5 Å². The standard InChI is InChI=1S/C21H22NO9P/c1-32(27,30-10-5-3-2-4-6-10)31-20-15-11(8-14-19(20)29-9-28-14)12-7-13(23)17(24)18(25)16(12)22-21(15)26/h2-6,8,12-13,16-18,23-25H,7,9H2,1H3,(H,22,26)/t12?,13-,16+,17+,18-,32?/m0/s1. The van der Waals surface area contributed by atoms with Crippen molar-refractivity contribution in [3.05, 3.63) is 47.5 Å². The molecule has 1 saturated carbocycles. The fraction of sp³-hybridized carbons (Fsp3) is 0.381. The molecule has 6 atom stereocenters. The zero-order chi connectivity index (χ0) is 22.6. The average Bonchev–Trinajstić information content (AvgIpc) is 3.22. The van der Waals surface area contributed by atoms with Gasteiger partial charge in [-0.2, -0.15) is 0 Å². The van der Waals surface area contributed by atoms with Crippen LogP contribution in [0, 0.1) is 0 Å². The van der Waals surface area contributed by atoms with Gasteiger partial charge in [-0.3, -0.25) is 4.79 Å². The van der Waals surface area contributed by atoms with Gasteiger partial charge in [-0.1, -0.05) is 18.2 Å². The summed E-state index contributed by atoms with van der Waals surface area (Å²) in [4.78, 5) is 13.1. The third kappa shape index (κ3) is 3.49. The molecule has 4 N–H and O–H groups in total. The summed E-state index contributed by atoms with van der Waals surface area (Å²) in [6.07, 6.45) is -3.87. The summed E-state index contributed by atoms with van der Waals surface area (Å²) >= 11 is 0. The van der Waals surface area contributed by atoms with Gasteiger partial charge in [-0.15, -0.1) is 0 Å². The van der Waals surface area contributed by atoms with Crippen LogP contribution in [0.25, 0.3) is 0 Å². The normalized spacial score (nSPS) is 29.9. The summed E-state index contributed by atoms with van der Waals surface area (Å²) in [5, 5.41) is 33.4. The highest BCUT2D eigenvalue weighted by Gasteiger charge is 2.49. The molecule has 2 aliphatic heterocycles. The van der Waals surface area contributed by atoms with E-state index in [0.717, 1.165) is 0 Å². The molecule has 2 unspecified atom stereocenters. The molecular weight excluding hydrogens is 441 g/mol. The molecule has 0 saturated heterocycles. The molecule has 0 spiro atoms. The molecule has 1 fully saturated rings. The maximum absolute atomic E-state index is 13.2. The summed E-state index contributed by atoms with van der Waals surface area (Å²) in [6, 6.07) is 9.23. The summed E-state index contributed by atoms with van der Waals surface area (Å²) in [6.45, 7) is 1.15. The van der Waals surface area contributed by atoms with Crippen LogP contribution in [0.2, 0.25) is 0 Å². The van der Waals surface area contributed by atoms with Crippen molar-refractivity contribution >= 4 is 13.5 Å². The van der Waals surface area contributed by atoms with Crippen LogP contribution in [0.3, 0.4) is 0 Å². The van der Waals surface area contributed by atoms with E-state index in [-0.39, 0.29) is 36.0 Å². The van der Waals surface area contributed by atoms with E-state index in [4.69, 9.17) is 18.5 Å². The number of fused-ring (bicyclic) bond motifs is 4. The van der Waals surface area contributed by atoms with E-state index >= 15 is 0 Å². The molecule has 2 heterocycles. The lowest BCUT2D eigenvalue weighted by Gasteiger charge is -2.44. The number of aliphatic hydroxyl groups is 3. The molecule has 10 nitrogen and oxygen atoms in total. The Balaban J connectivity index is 1.58. The van der Waals surface area contributed by atoms with Crippen molar-refractivity contribution in [3.8, 4) is 23.0 Å². The Morgan fingerprint density at radius 2 is 1.84 bits per heavy atom. The number of carbonyl (C=O) groups is 1. The quantitative estimate of drug-likeness (QED) is 0.494. The molecule has 0 bridgehead atoms. The first-order valence-electron chi connectivity index (χ1n) is 10.1. The molecule has 32 heavy (non-hydrogen) atoms. The molecule has 0 radical (unpaired) electrons. The van der Waals surface area contributed by atoms with Crippen molar-refractivity contribution < 1.29 is 43.2 Å². The second-order valence-corrected chi connectivity index (χ2v) is 9.97. The highest BCUT2D eigenvalue weighted by molar-refractivity contribution is 7.53. The molecule has 1 amide bonds. The molecule has 170 valence electrons. The van der Waals surface area contributed by atoms with Gasteiger partial charge in [-0.05, 0) is 30.2 Å². The predicted molar refractivity (Wildman–Crippen MR) is 110 cm³/mol. The van der Waals surface area contributed by atoms with Crippen molar-refractivity contribution in [1.29, 1.82) is 0 Å². The number of carbonyl (C=O) groups excluding carboxylic acids is 1. The van der Waals surface area contributed by atoms with Crippen molar-refractivity contribution in [1.82, 2.24) is 5.32 Å². The van der Waals surface area contributed by atoms with E-state index < -0.39 is 43.8 Å². The van der Waals surface area contributed by atoms with Crippen LogP contribution in [-0.2, 0) is 4.57 Å². The molecule has 0 aromatic heterocycles. The Kier molecular flexibility index (Phi) is 5.05. The maximum atomic E-state index is 13.2. The van der Waals surface area contributed by atoms with E-state index in [1.165, 1.54) is 6.66 Å². The molecule has 2 aromatic rings. The minimum absolute atomic E-state index is 0.0602. The number of aliphatic hydroxyl groups excluding tert-OH is 3. The Morgan fingerprint density at radius 3 is 2.59 bits per heavy atom. The van der Waals surface area contributed by atoms with Crippen LogP contribution in [0.1, 0.15) is 28.3 Å². The van der Waals surface area contributed by atoms with E-state index in [9.17, 15) is 24.7 Å². The van der Waals surface area contributed by atoms with Gasteiger partial charge in [0, 0.05) is 5.92 Å². The monoisotopic (exact) mass is 463 g/mol. The fourth-order valence-electron chi connectivity index (χ4n) is 4.46. The number of ether oxygens (including phenoxy) is 2. The first-order chi connectivity index (χ1) is 15.2. The Hall–Kier alpha value is -2.78. The summed E-state index contributed by atoms with van der Waals surface area (Å²) < 4.78 is 35.5. The molecule has 1 aliphatic carbocycles. The first kappa shape index (κ1) is 21.1. The third-order valence-corrected chi connectivity index (χ3v) is 6.94. The van der Waals surface area contributed by atoms with Crippen LogP contribution < -0.4 is 23.8 Å². The zero-order valence-electron chi connectivity index (χ0n) is 17.0. The second-order valence-electron chi connectivity index (χ2n) is 8.06. The number of para-hydroxylation sites is 1. The van der Waals surface area contributed by atoms with Crippen molar-refractivity contribution in [2.24, 2.45) is 0 Å².